The van der Waals surface area contributed by atoms with Crippen molar-refractivity contribution in [1.29, 1.82) is 0 Å². The van der Waals surface area contributed by atoms with Crippen molar-refractivity contribution in [1.82, 2.24) is 0 Å². The van der Waals surface area contributed by atoms with Crippen LogP contribution in [0.25, 0.3) is 0 Å². The van der Waals surface area contributed by atoms with Crippen LogP contribution in [0.5, 0.6) is 23.0 Å². The third-order valence-electron chi connectivity index (χ3n) is 4.27. The van der Waals surface area contributed by atoms with Crippen LogP contribution < -0.4 is 20.9 Å². The third-order valence-corrected chi connectivity index (χ3v) is 4.27. The molecule has 0 heterocycles. The Morgan fingerprint density at radius 1 is 0.533 bits per heavy atom. The first-order valence-electron chi connectivity index (χ1n) is 9.44. The van der Waals surface area contributed by atoms with E-state index in [4.69, 9.17) is 20.9 Å². The van der Waals surface area contributed by atoms with Gasteiger partial charge in [0.25, 0.3) is 0 Å². The second-order valence-corrected chi connectivity index (χ2v) is 6.62. The molecule has 4 nitrogen and oxygen atoms in total. The highest BCUT2D eigenvalue weighted by molar-refractivity contribution is 5.56. The predicted octanol–water partition coefficient (Wildman–Crippen LogP) is 5.84. The van der Waals surface area contributed by atoms with Gasteiger partial charge in [-0.2, -0.15) is 0 Å². The van der Waals surface area contributed by atoms with Crippen LogP contribution in [0.1, 0.15) is 11.1 Å². The zero-order valence-corrected chi connectivity index (χ0v) is 16.2. The summed E-state index contributed by atoms with van der Waals surface area (Å²) < 4.78 is 12.0. The number of anilines is 2. The lowest BCUT2D eigenvalue weighted by atomic mass is 10.1. The van der Waals surface area contributed by atoms with Gasteiger partial charge in [0.1, 0.15) is 23.0 Å². The largest absolute Gasteiger partial charge is 0.457 e. The molecule has 0 amide bonds. The Balaban J connectivity index is 1.68. The highest BCUT2D eigenvalue weighted by Gasteiger charge is 2.07. The Morgan fingerprint density at radius 2 is 1.17 bits per heavy atom. The average molecular weight is 392 g/mol. The molecular weight excluding hydrogens is 372 g/mol. The van der Waals surface area contributed by atoms with Gasteiger partial charge in [-0.3, -0.25) is 0 Å². The summed E-state index contributed by atoms with van der Waals surface area (Å²) in [5.41, 5.74) is 14.7. The maximum Gasteiger partial charge on any atom is 0.150 e. The SMILES string of the molecule is Nc1ccc(Oc2cc(C#Cc3ccccc3)cc(Oc3ccccc3N)c2)cc1. The number of hydrogen-bond acceptors (Lipinski definition) is 4. The van der Waals surface area contributed by atoms with Crippen molar-refractivity contribution < 1.29 is 9.47 Å². The van der Waals surface area contributed by atoms with E-state index in [9.17, 15) is 0 Å². The Hall–Kier alpha value is -4.36. The molecule has 4 aromatic rings. The highest BCUT2D eigenvalue weighted by Crippen LogP contribution is 2.32. The second kappa shape index (κ2) is 8.76. The first kappa shape index (κ1) is 19.0. The van der Waals surface area contributed by atoms with Gasteiger partial charge in [0.2, 0.25) is 0 Å². The van der Waals surface area contributed by atoms with Crippen molar-refractivity contribution in [3.8, 4) is 34.8 Å². The number of para-hydroxylation sites is 2. The molecule has 0 aliphatic rings. The normalized spacial score (nSPS) is 10.0. The molecule has 4 heteroatoms. The quantitative estimate of drug-likeness (QED) is 0.338. The molecule has 0 unspecified atom stereocenters. The molecule has 0 aliphatic carbocycles. The van der Waals surface area contributed by atoms with Crippen molar-refractivity contribution in [3.05, 3.63) is 108 Å². The zero-order valence-electron chi connectivity index (χ0n) is 16.2. The maximum absolute atomic E-state index is 6.02. The summed E-state index contributed by atoms with van der Waals surface area (Å²) in [5.74, 6) is 8.76. The summed E-state index contributed by atoms with van der Waals surface area (Å²) in [5, 5.41) is 0. The molecule has 4 N–H and O–H groups in total. The van der Waals surface area contributed by atoms with Crippen molar-refractivity contribution in [3.63, 3.8) is 0 Å². The number of rotatable bonds is 4. The summed E-state index contributed by atoms with van der Waals surface area (Å²) >= 11 is 0. The summed E-state index contributed by atoms with van der Waals surface area (Å²) in [4.78, 5) is 0. The fourth-order valence-corrected chi connectivity index (χ4v) is 2.80. The van der Waals surface area contributed by atoms with Crippen LogP contribution in [-0.2, 0) is 0 Å². The standard InChI is InChI=1S/C26H20N2O2/c27-21-12-14-22(15-13-21)29-23-16-20(11-10-19-6-2-1-3-7-19)17-24(18-23)30-26-9-5-4-8-25(26)28/h1-9,12-18H,27-28H2. The van der Waals surface area contributed by atoms with Crippen molar-refractivity contribution in [2.24, 2.45) is 0 Å². The molecule has 0 aromatic heterocycles. The van der Waals surface area contributed by atoms with Gasteiger partial charge in [-0.25, -0.2) is 0 Å². The Morgan fingerprint density at radius 3 is 1.90 bits per heavy atom. The topological polar surface area (TPSA) is 70.5 Å². The number of nitrogen functional groups attached to an aromatic ring is 2. The van der Waals surface area contributed by atoms with Crippen molar-refractivity contribution in [2.75, 3.05) is 11.5 Å². The van der Waals surface area contributed by atoms with E-state index < -0.39 is 0 Å². The van der Waals surface area contributed by atoms with Crippen LogP contribution >= 0.6 is 0 Å². The lowest BCUT2D eigenvalue weighted by Crippen LogP contribution is -1.93. The fourth-order valence-electron chi connectivity index (χ4n) is 2.80. The van der Waals surface area contributed by atoms with E-state index in [-0.39, 0.29) is 0 Å². The minimum absolute atomic E-state index is 0.555. The van der Waals surface area contributed by atoms with Crippen LogP contribution in [-0.4, -0.2) is 0 Å². The van der Waals surface area contributed by atoms with Crippen molar-refractivity contribution in [2.45, 2.75) is 0 Å². The van der Waals surface area contributed by atoms with Gasteiger partial charge in [-0.05, 0) is 60.7 Å². The Kier molecular flexibility index (Phi) is 5.54. The Bertz CT molecular complexity index is 1210. The molecular formula is C26H20N2O2. The molecule has 4 rings (SSSR count). The van der Waals surface area contributed by atoms with Gasteiger partial charge in [0.05, 0.1) is 5.69 Å². The predicted molar refractivity (Wildman–Crippen MR) is 121 cm³/mol. The smallest absolute Gasteiger partial charge is 0.150 e. The second-order valence-electron chi connectivity index (χ2n) is 6.62. The van der Waals surface area contributed by atoms with E-state index in [0.29, 0.717) is 34.4 Å². The third kappa shape index (κ3) is 4.92. The molecule has 0 saturated carbocycles. The minimum Gasteiger partial charge on any atom is -0.457 e. The molecule has 0 radical (unpaired) electrons. The lowest BCUT2D eigenvalue weighted by Gasteiger charge is -2.12. The van der Waals surface area contributed by atoms with Gasteiger partial charge in [0, 0.05) is 22.9 Å². The molecule has 0 spiro atoms. The molecule has 0 fully saturated rings. The molecule has 30 heavy (non-hydrogen) atoms. The van der Waals surface area contributed by atoms with E-state index in [1.807, 2.05) is 72.8 Å². The van der Waals surface area contributed by atoms with Crippen LogP contribution in [0.15, 0.2) is 97.1 Å². The molecule has 0 saturated heterocycles. The van der Waals surface area contributed by atoms with Crippen LogP contribution in [0.3, 0.4) is 0 Å². The Labute approximate surface area is 175 Å². The zero-order chi connectivity index (χ0) is 20.8. The minimum atomic E-state index is 0.555. The van der Waals surface area contributed by atoms with Crippen molar-refractivity contribution >= 4 is 11.4 Å². The number of benzene rings is 4. The van der Waals surface area contributed by atoms with Crippen LogP contribution in [0.4, 0.5) is 11.4 Å². The van der Waals surface area contributed by atoms with Crippen LogP contribution in [0.2, 0.25) is 0 Å². The first-order valence-corrected chi connectivity index (χ1v) is 9.44. The summed E-state index contributed by atoms with van der Waals surface area (Å²) in [6, 6.07) is 29.9. The highest BCUT2D eigenvalue weighted by atomic mass is 16.5. The van der Waals surface area contributed by atoms with E-state index in [0.717, 1.165) is 11.1 Å². The number of ether oxygens (including phenoxy) is 2. The van der Waals surface area contributed by atoms with E-state index in [1.54, 1.807) is 24.3 Å². The monoisotopic (exact) mass is 392 g/mol. The summed E-state index contributed by atoms with van der Waals surface area (Å²) in [6.45, 7) is 0. The maximum atomic E-state index is 6.02. The van der Waals surface area contributed by atoms with Gasteiger partial charge in [-0.15, -0.1) is 0 Å². The van der Waals surface area contributed by atoms with E-state index in [1.165, 1.54) is 0 Å². The first-order chi connectivity index (χ1) is 14.7. The van der Waals surface area contributed by atoms with E-state index in [2.05, 4.69) is 11.8 Å². The molecule has 146 valence electrons. The summed E-state index contributed by atoms with van der Waals surface area (Å²) in [7, 11) is 0. The van der Waals surface area contributed by atoms with Gasteiger partial charge in [-0.1, -0.05) is 42.2 Å². The average Bonchev–Trinajstić information content (AvgIpc) is 2.76. The molecule has 0 aliphatic heterocycles. The molecule has 4 aromatic carbocycles. The van der Waals surface area contributed by atoms with Crippen LogP contribution in [0, 0.1) is 11.8 Å². The molecule has 0 bridgehead atoms. The van der Waals surface area contributed by atoms with Gasteiger partial charge >= 0.3 is 0 Å². The lowest BCUT2D eigenvalue weighted by molar-refractivity contribution is 0.461. The molecule has 0 atom stereocenters. The summed E-state index contributed by atoms with van der Waals surface area (Å²) in [6.07, 6.45) is 0. The number of hydrogen-bond donors (Lipinski definition) is 2. The van der Waals surface area contributed by atoms with Gasteiger partial charge < -0.3 is 20.9 Å². The van der Waals surface area contributed by atoms with E-state index >= 15 is 0 Å². The fraction of sp³-hybridized carbons (Fsp3) is 0. The number of nitrogens with two attached hydrogens (primary N) is 2. The van der Waals surface area contributed by atoms with Gasteiger partial charge in [0.15, 0.2) is 0 Å².